The summed E-state index contributed by atoms with van der Waals surface area (Å²) >= 11 is 0. The number of ether oxygens (including phenoxy) is 1. The molecule has 6 nitrogen and oxygen atoms in total. The summed E-state index contributed by atoms with van der Waals surface area (Å²) in [6.07, 6.45) is 6.00. The van der Waals surface area contributed by atoms with Crippen LogP contribution in [0.4, 0.5) is 5.69 Å². The Hall–Kier alpha value is -3.15. The van der Waals surface area contributed by atoms with Crippen LogP contribution in [-0.2, 0) is 9.59 Å². The molecule has 0 bridgehead atoms. The van der Waals surface area contributed by atoms with Crippen molar-refractivity contribution in [2.45, 2.75) is 64.0 Å². The van der Waals surface area contributed by atoms with Crippen LogP contribution in [0.3, 0.4) is 0 Å². The van der Waals surface area contributed by atoms with Gasteiger partial charge in [0.15, 0.2) is 0 Å². The number of hydrogen-bond donors (Lipinski definition) is 0. The van der Waals surface area contributed by atoms with Gasteiger partial charge in [0.1, 0.15) is 11.8 Å². The van der Waals surface area contributed by atoms with Gasteiger partial charge in [0.25, 0.3) is 11.8 Å². The first-order valence-electron chi connectivity index (χ1n) is 11.4. The molecule has 32 heavy (non-hydrogen) atoms. The van der Waals surface area contributed by atoms with E-state index in [-0.39, 0.29) is 30.2 Å². The Morgan fingerprint density at radius 2 is 1.69 bits per heavy atom. The maximum Gasteiger partial charge on any atom is 0.257 e. The molecule has 3 amide bonds. The van der Waals surface area contributed by atoms with E-state index < -0.39 is 6.04 Å². The zero-order valence-corrected chi connectivity index (χ0v) is 18.8. The van der Waals surface area contributed by atoms with Crippen molar-refractivity contribution < 1.29 is 19.1 Å². The van der Waals surface area contributed by atoms with Gasteiger partial charge in [0.2, 0.25) is 5.91 Å². The number of imide groups is 1. The lowest BCUT2D eigenvalue weighted by molar-refractivity contribution is -0.123. The molecule has 1 heterocycles. The van der Waals surface area contributed by atoms with E-state index in [9.17, 15) is 14.4 Å². The number of aryl methyl sites for hydroxylation is 1. The van der Waals surface area contributed by atoms with Crippen LogP contribution in [-0.4, -0.2) is 41.8 Å². The monoisotopic (exact) mass is 434 g/mol. The van der Waals surface area contributed by atoms with Gasteiger partial charge in [-0.3, -0.25) is 14.4 Å². The Kier molecular flexibility index (Phi) is 6.58. The van der Waals surface area contributed by atoms with Crippen molar-refractivity contribution in [2.24, 2.45) is 0 Å². The van der Waals surface area contributed by atoms with Crippen LogP contribution in [0.2, 0.25) is 0 Å². The summed E-state index contributed by atoms with van der Waals surface area (Å²) in [5, 5.41) is 0. The number of hydrogen-bond acceptors (Lipinski definition) is 4. The van der Waals surface area contributed by atoms with Crippen LogP contribution in [0.25, 0.3) is 0 Å². The molecule has 0 radical (unpaired) electrons. The van der Waals surface area contributed by atoms with Crippen molar-refractivity contribution in [3.63, 3.8) is 0 Å². The van der Waals surface area contributed by atoms with Crippen molar-refractivity contribution in [3.8, 4) is 5.75 Å². The van der Waals surface area contributed by atoms with E-state index in [1.807, 2.05) is 19.1 Å². The average molecular weight is 435 g/mol. The average Bonchev–Trinajstić information content (AvgIpc) is 2.97. The Labute approximate surface area is 189 Å². The van der Waals surface area contributed by atoms with E-state index in [1.165, 1.54) is 4.90 Å². The van der Waals surface area contributed by atoms with Gasteiger partial charge in [-0.05, 0) is 50.1 Å². The summed E-state index contributed by atoms with van der Waals surface area (Å²) in [4.78, 5) is 43.1. The summed E-state index contributed by atoms with van der Waals surface area (Å²) < 4.78 is 5.30. The number of benzene rings is 2. The highest BCUT2D eigenvalue weighted by Crippen LogP contribution is 2.32. The van der Waals surface area contributed by atoms with Crippen LogP contribution >= 0.6 is 0 Å². The quantitative estimate of drug-likeness (QED) is 0.513. The second-order valence-electron chi connectivity index (χ2n) is 8.71. The Morgan fingerprint density at radius 3 is 2.34 bits per heavy atom. The Bertz CT molecular complexity index is 993. The van der Waals surface area contributed by atoms with Crippen LogP contribution in [0, 0.1) is 6.92 Å². The number of carbonyl (C=O) groups excluding carboxylic acids is 3. The molecule has 1 unspecified atom stereocenters. The van der Waals surface area contributed by atoms with E-state index in [1.54, 1.807) is 48.4 Å². The molecule has 1 atom stereocenters. The first kappa shape index (κ1) is 22.1. The number of amides is 3. The van der Waals surface area contributed by atoms with Crippen molar-refractivity contribution in [1.82, 2.24) is 4.90 Å². The fraction of sp³-hybridized carbons (Fsp3) is 0.423. The standard InChI is InChI=1S/C26H30N2O4/c1-18-12-14-21(15-13-18)28-24(29)17-23(26(28)31)27(20-9-5-3-4-6-10-20)25(30)19-8-7-11-22(16-19)32-2/h7-8,11-16,20,23H,3-6,9-10,17H2,1-2H3. The predicted octanol–water partition coefficient (Wildman–Crippen LogP) is 4.50. The lowest BCUT2D eigenvalue weighted by atomic mass is 10.0. The molecule has 0 spiro atoms. The van der Waals surface area contributed by atoms with E-state index >= 15 is 0 Å². The van der Waals surface area contributed by atoms with E-state index in [0.29, 0.717) is 17.0 Å². The summed E-state index contributed by atoms with van der Waals surface area (Å²) in [7, 11) is 1.56. The molecule has 2 aromatic rings. The normalized spacial score (nSPS) is 19.7. The molecule has 1 saturated heterocycles. The van der Waals surface area contributed by atoms with Crippen molar-refractivity contribution in [2.75, 3.05) is 12.0 Å². The van der Waals surface area contributed by atoms with Gasteiger partial charge in [-0.2, -0.15) is 0 Å². The smallest absolute Gasteiger partial charge is 0.257 e. The van der Waals surface area contributed by atoms with E-state index in [4.69, 9.17) is 4.74 Å². The van der Waals surface area contributed by atoms with Gasteiger partial charge in [0.05, 0.1) is 19.2 Å². The number of methoxy groups -OCH3 is 1. The molecule has 1 aliphatic heterocycles. The second-order valence-corrected chi connectivity index (χ2v) is 8.71. The summed E-state index contributed by atoms with van der Waals surface area (Å²) in [5.41, 5.74) is 2.09. The van der Waals surface area contributed by atoms with E-state index in [2.05, 4.69) is 0 Å². The van der Waals surface area contributed by atoms with Gasteiger partial charge in [-0.25, -0.2) is 4.90 Å². The fourth-order valence-electron chi connectivity index (χ4n) is 4.80. The number of carbonyl (C=O) groups is 3. The third-order valence-corrected chi connectivity index (χ3v) is 6.52. The molecule has 6 heteroatoms. The molecule has 168 valence electrons. The molecular formula is C26H30N2O4. The topological polar surface area (TPSA) is 66.9 Å². The maximum atomic E-state index is 13.7. The molecule has 2 fully saturated rings. The first-order chi connectivity index (χ1) is 15.5. The van der Waals surface area contributed by atoms with Gasteiger partial charge < -0.3 is 9.64 Å². The Balaban J connectivity index is 1.69. The SMILES string of the molecule is COc1cccc(C(=O)N(C2CCCCCC2)C2CC(=O)N(c3ccc(C)cc3)C2=O)c1. The van der Waals surface area contributed by atoms with Crippen molar-refractivity contribution >= 4 is 23.4 Å². The zero-order valence-electron chi connectivity index (χ0n) is 18.8. The first-order valence-corrected chi connectivity index (χ1v) is 11.4. The minimum Gasteiger partial charge on any atom is -0.497 e. The molecule has 4 rings (SSSR count). The lowest BCUT2D eigenvalue weighted by Crippen LogP contribution is -2.50. The number of anilines is 1. The van der Waals surface area contributed by atoms with E-state index in [0.717, 1.165) is 44.1 Å². The summed E-state index contributed by atoms with van der Waals surface area (Å²) in [6, 6.07) is 13.5. The molecular weight excluding hydrogens is 404 g/mol. The summed E-state index contributed by atoms with van der Waals surface area (Å²) in [6.45, 7) is 1.96. The number of nitrogens with zero attached hydrogens (tertiary/aromatic N) is 2. The minimum absolute atomic E-state index is 0.0128. The van der Waals surface area contributed by atoms with Crippen molar-refractivity contribution in [1.29, 1.82) is 0 Å². The third-order valence-electron chi connectivity index (χ3n) is 6.52. The zero-order chi connectivity index (χ0) is 22.7. The van der Waals surface area contributed by atoms with Crippen LogP contribution in [0.15, 0.2) is 48.5 Å². The van der Waals surface area contributed by atoms with Gasteiger partial charge in [-0.15, -0.1) is 0 Å². The molecule has 0 aromatic heterocycles. The Morgan fingerprint density at radius 1 is 1.00 bits per heavy atom. The molecule has 2 aliphatic rings. The van der Waals surface area contributed by atoms with Crippen molar-refractivity contribution in [3.05, 3.63) is 59.7 Å². The fourth-order valence-corrected chi connectivity index (χ4v) is 4.80. The highest BCUT2D eigenvalue weighted by Gasteiger charge is 2.46. The molecule has 0 N–H and O–H groups in total. The highest BCUT2D eigenvalue weighted by molar-refractivity contribution is 6.23. The van der Waals surface area contributed by atoms with Crippen LogP contribution < -0.4 is 9.64 Å². The summed E-state index contributed by atoms with van der Waals surface area (Å²) in [5.74, 6) is -0.209. The van der Waals surface area contributed by atoms with Crippen LogP contribution in [0.5, 0.6) is 5.75 Å². The van der Waals surface area contributed by atoms with Gasteiger partial charge in [0, 0.05) is 11.6 Å². The predicted molar refractivity (Wildman–Crippen MR) is 123 cm³/mol. The second kappa shape index (κ2) is 9.55. The van der Waals surface area contributed by atoms with Crippen LogP contribution in [0.1, 0.15) is 60.9 Å². The third kappa shape index (κ3) is 4.40. The highest BCUT2D eigenvalue weighted by atomic mass is 16.5. The largest absolute Gasteiger partial charge is 0.497 e. The number of rotatable bonds is 5. The molecule has 1 aliphatic carbocycles. The van der Waals surface area contributed by atoms with Gasteiger partial charge in [-0.1, -0.05) is 49.4 Å². The lowest BCUT2D eigenvalue weighted by Gasteiger charge is -2.35. The molecule has 1 saturated carbocycles. The minimum atomic E-state index is -0.786. The molecule has 2 aromatic carbocycles. The van der Waals surface area contributed by atoms with Gasteiger partial charge >= 0.3 is 0 Å². The maximum absolute atomic E-state index is 13.7.